The Morgan fingerprint density at radius 1 is 1.46 bits per heavy atom. The Bertz CT molecular complexity index is 803. The number of nitrogens with one attached hydrogen (secondary N) is 2. The number of aromatic nitrogens is 3. The first-order valence-electron chi connectivity index (χ1n) is 9.45. The fourth-order valence-corrected chi connectivity index (χ4v) is 3.71. The van der Waals surface area contributed by atoms with E-state index in [1.54, 1.807) is 13.2 Å². The summed E-state index contributed by atoms with van der Waals surface area (Å²) >= 11 is 6.29. The molecule has 28 heavy (non-hydrogen) atoms. The maximum Gasteiger partial charge on any atom is 0.191 e. The van der Waals surface area contributed by atoms with Crippen LogP contribution in [-0.4, -0.2) is 72.4 Å². The highest BCUT2D eigenvalue weighted by Crippen LogP contribution is 2.25. The number of pyridine rings is 1. The van der Waals surface area contributed by atoms with Crippen molar-refractivity contribution in [1.82, 2.24) is 30.3 Å². The average molecular weight is 405 g/mol. The highest BCUT2D eigenvalue weighted by molar-refractivity contribution is 6.32. The highest BCUT2D eigenvalue weighted by Gasteiger charge is 2.26. The fraction of sp³-hybridized carbons (Fsp3) is 0.526. The Morgan fingerprint density at radius 2 is 2.29 bits per heavy atom. The summed E-state index contributed by atoms with van der Waals surface area (Å²) in [7, 11) is 7.87. The van der Waals surface area contributed by atoms with E-state index in [4.69, 9.17) is 11.6 Å². The fourth-order valence-electron chi connectivity index (χ4n) is 3.47. The second-order valence-electron chi connectivity index (χ2n) is 7.26. The summed E-state index contributed by atoms with van der Waals surface area (Å²) in [6, 6.07) is 4.23. The third kappa shape index (κ3) is 4.94. The summed E-state index contributed by atoms with van der Waals surface area (Å²) in [5, 5.41) is 12.0. The molecule has 0 bridgehead atoms. The van der Waals surface area contributed by atoms with E-state index in [-0.39, 0.29) is 6.04 Å². The van der Waals surface area contributed by atoms with Crippen molar-refractivity contribution in [3.63, 3.8) is 0 Å². The number of nitrogens with zero attached hydrogens (tertiary/aromatic N) is 6. The number of aliphatic imine (C=N–C) groups is 1. The number of rotatable bonds is 6. The zero-order chi connectivity index (χ0) is 20.1. The van der Waals surface area contributed by atoms with E-state index >= 15 is 0 Å². The van der Waals surface area contributed by atoms with Gasteiger partial charge in [-0.3, -0.25) is 9.67 Å². The molecule has 0 saturated carbocycles. The summed E-state index contributed by atoms with van der Waals surface area (Å²) in [6.07, 6.45) is 6.75. The number of hydrogen-bond acceptors (Lipinski definition) is 5. The standard InChI is InChI=1S/C19H29ClN8/c1-21-19(23-11-17(26(2)3)14-10-24-27(4)12-14)25-15-7-9-28(13-15)18-16(20)6-5-8-22-18/h5-6,8,10,12,15,17H,7,9,11,13H2,1-4H3,(H2,21,23,25). The molecule has 2 unspecified atom stereocenters. The molecular weight excluding hydrogens is 376 g/mol. The average Bonchev–Trinajstić information content (AvgIpc) is 3.30. The van der Waals surface area contributed by atoms with Crippen molar-refractivity contribution in [2.24, 2.45) is 12.0 Å². The van der Waals surface area contributed by atoms with Crippen LogP contribution >= 0.6 is 11.6 Å². The second kappa shape index (κ2) is 9.25. The van der Waals surface area contributed by atoms with Crippen LogP contribution in [0.15, 0.2) is 35.7 Å². The summed E-state index contributed by atoms with van der Waals surface area (Å²) in [5.74, 6) is 1.65. The Balaban J connectivity index is 1.55. The molecule has 0 spiro atoms. The molecule has 0 radical (unpaired) electrons. The topological polar surface area (TPSA) is 73.6 Å². The number of guanidine groups is 1. The maximum atomic E-state index is 6.29. The largest absolute Gasteiger partial charge is 0.354 e. The van der Waals surface area contributed by atoms with Crippen LogP contribution in [0.5, 0.6) is 0 Å². The van der Waals surface area contributed by atoms with Gasteiger partial charge in [0.25, 0.3) is 0 Å². The van der Waals surface area contributed by atoms with Gasteiger partial charge in [-0.05, 0) is 32.6 Å². The molecule has 0 aliphatic carbocycles. The van der Waals surface area contributed by atoms with Gasteiger partial charge in [-0.1, -0.05) is 11.6 Å². The van der Waals surface area contributed by atoms with Gasteiger partial charge in [0.05, 0.1) is 17.3 Å². The van der Waals surface area contributed by atoms with Crippen LogP contribution in [0, 0.1) is 0 Å². The summed E-state index contributed by atoms with van der Waals surface area (Å²) < 4.78 is 1.83. The van der Waals surface area contributed by atoms with Crippen LogP contribution < -0.4 is 15.5 Å². The van der Waals surface area contributed by atoms with Crippen LogP contribution in [0.2, 0.25) is 5.02 Å². The van der Waals surface area contributed by atoms with Gasteiger partial charge in [0.2, 0.25) is 0 Å². The minimum Gasteiger partial charge on any atom is -0.354 e. The summed E-state index contributed by atoms with van der Waals surface area (Å²) in [4.78, 5) is 13.2. The van der Waals surface area contributed by atoms with Crippen molar-refractivity contribution in [1.29, 1.82) is 0 Å². The number of anilines is 1. The lowest BCUT2D eigenvalue weighted by Crippen LogP contribution is -2.46. The molecule has 1 saturated heterocycles. The van der Waals surface area contributed by atoms with Gasteiger partial charge in [-0.25, -0.2) is 4.98 Å². The van der Waals surface area contributed by atoms with Crippen LogP contribution in [0.1, 0.15) is 18.0 Å². The molecule has 2 N–H and O–H groups in total. The van der Waals surface area contributed by atoms with Crippen molar-refractivity contribution >= 4 is 23.4 Å². The molecule has 9 heteroatoms. The monoisotopic (exact) mass is 404 g/mol. The molecule has 3 rings (SSSR count). The van der Waals surface area contributed by atoms with E-state index in [0.29, 0.717) is 11.1 Å². The Hall–Kier alpha value is -2.32. The van der Waals surface area contributed by atoms with Crippen molar-refractivity contribution < 1.29 is 0 Å². The van der Waals surface area contributed by atoms with Crippen molar-refractivity contribution in [2.75, 3.05) is 45.7 Å². The van der Waals surface area contributed by atoms with Gasteiger partial charge < -0.3 is 20.4 Å². The van der Waals surface area contributed by atoms with Crippen LogP contribution in [0.4, 0.5) is 5.82 Å². The van der Waals surface area contributed by atoms with Crippen molar-refractivity contribution in [3.05, 3.63) is 41.3 Å². The first-order valence-corrected chi connectivity index (χ1v) is 9.83. The lowest BCUT2D eigenvalue weighted by molar-refractivity contribution is 0.298. The quantitative estimate of drug-likeness (QED) is 0.561. The molecule has 8 nitrogen and oxygen atoms in total. The normalized spacial score (nSPS) is 18.6. The SMILES string of the molecule is CN=C(NCC(c1cnn(C)c1)N(C)C)NC1CCN(c2ncccc2Cl)C1. The van der Waals surface area contributed by atoms with E-state index < -0.39 is 0 Å². The smallest absolute Gasteiger partial charge is 0.191 e. The minimum absolute atomic E-state index is 0.208. The number of halogens is 1. The summed E-state index contributed by atoms with van der Waals surface area (Å²) in [5.41, 5.74) is 1.17. The highest BCUT2D eigenvalue weighted by atomic mass is 35.5. The van der Waals surface area contributed by atoms with E-state index in [9.17, 15) is 0 Å². The van der Waals surface area contributed by atoms with Gasteiger partial charge in [-0.2, -0.15) is 5.10 Å². The molecule has 1 fully saturated rings. The first-order chi connectivity index (χ1) is 13.5. The Labute approximate surface area is 171 Å². The lowest BCUT2D eigenvalue weighted by atomic mass is 10.1. The zero-order valence-corrected chi connectivity index (χ0v) is 17.7. The van der Waals surface area contributed by atoms with E-state index in [0.717, 1.165) is 37.8 Å². The van der Waals surface area contributed by atoms with E-state index in [1.807, 2.05) is 36.3 Å². The van der Waals surface area contributed by atoms with Crippen LogP contribution in [0.3, 0.4) is 0 Å². The van der Waals surface area contributed by atoms with Gasteiger partial charge in [0, 0.05) is 57.7 Å². The first kappa shape index (κ1) is 20.4. The van der Waals surface area contributed by atoms with Crippen LogP contribution in [0.25, 0.3) is 0 Å². The number of aryl methyl sites for hydroxylation is 1. The molecule has 1 aliphatic heterocycles. The minimum atomic E-state index is 0.208. The second-order valence-corrected chi connectivity index (χ2v) is 7.67. The molecule has 0 aromatic carbocycles. The molecule has 152 valence electrons. The van der Waals surface area contributed by atoms with Gasteiger partial charge in [0.1, 0.15) is 5.82 Å². The molecule has 2 atom stereocenters. The van der Waals surface area contributed by atoms with Crippen molar-refractivity contribution in [3.8, 4) is 0 Å². The maximum absolute atomic E-state index is 6.29. The van der Waals surface area contributed by atoms with Gasteiger partial charge in [0.15, 0.2) is 5.96 Å². The third-order valence-corrected chi connectivity index (χ3v) is 5.28. The predicted molar refractivity (Wildman–Crippen MR) is 114 cm³/mol. The molecule has 2 aromatic heterocycles. The van der Waals surface area contributed by atoms with E-state index in [1.165, 1.54) is 5.56 Å². The van der Waals surface area contributed by atoms with E-state index in [2.05, 4.69) is 49.6 Å². The number of hydrogen-bond donors (Lipinski definition) is 2. The molecule has 0 amide bonds. The van der Waals surface area contributed by atoms with Crippen LogP contribution in [-0.2, 0) is 7.05 Å². The number of likely N-dealkylation sites (N-methyl/N-ethyl adjacent to an activating group) is 1. The predicted octanol–water partition coefficient (Wildman–Crippen LogP) is 1.52. The molecular formula is C19H29ClN8. The lowest BCUT2D eigenvalue weighted by Gasteiger charge is -2.25. The molecule has 2 aromatic rings. The summed E-state index contributed by atoms with van der Waals surface area (Å²) in [6.45, 7) is 2.50. The molecule has 1 aliphatic rings. The van der Waals surface area contributed by atoms with Gasteiger partial charge >= 0.3 is 0 Å². The van der Waals surface area contributed by atoms with Gasteiger partial charge in [-0.15, -0.1) is 0 Å². The van der Waals surface area contributed by atoms with Crippen molar-refractivity contribution in [2.45, 2.75) is 18.5 Å². The zero-order valence-electron chi connectivity index (χ0n) is 16.9. The Kier molecular flexibility index (Phi) is 6.74. The molecule has 3 heterocycles. The third-order valence-electron chi connectivity index (χ3n) is 4.99. The Morgan fingerprint density at radius 3 is 2.93 bits per heavy atom.